The normalized spacial score (nSPS) is 11.7. The Balaban J connectivity index is 0.000000141. The number of nitrogens with zero attached hydrogens (tertiary/aromatic N) is 2. The maximum absolute atomic E-state index is 9.59. The van der Waals surface area contributed by atoms with E-state index in [2.05, 4.69) is 262 Å². The summed E-state index contributed by atoms with van der Waals surface area (Å²) < 4.78 is 5.18. The fourth-order valence-electron chi connectivity index (χ4n) is 8.80. The van der Waals surface area contributed by atoms with Crippen LogP contribution in [-0.4, -0.2) is 0 Å². The number of hydrogen-bond donors (Lipinski definition) is 0. The molecule has 0 amide bonds. The van der Waals surface area contributed by atoms with Crippen molar-refractivity contribution < 1.29 is 9.20 Å². The van der Waals surface area contributed by atoms with Crippen LogP contribution in [0.3, 0.4) is 0 Å². The van der Waals surface area contributed by atoms with Crippen LogP contribution in [0.1, 0.15) is 0 Å². The molecule has 0 aliphatic heterocycles. The van der Waals surface area contributed by atoms with Crippen LogP contribution < -0.4 is 31.8 Å². The van der Waals surface area contributed by atoms with E-state index in [9.17, 15) is 9.81 Å². The van der Waals surface area contributed by atoms with Crippen molar-refractivity contribution in [3.05, 3.63) is 265 Å². The first kappa shape index (κ1) is 47.1. The van der Waals surface area contributed by atoms with Crippen molar-refractivity contribution in [2.24, 2.45) is 7.47 Å². The molecule has 0 radical (unpaired) electrons. The maximum Gasteiger partial charge on any atom is -0.0134 e. The molecule has 12 aromatic carbocycles. The zero-order chi connectivity index (χ0) is 47.2. The number of hydrogen-bond acceptors (Lipinski definition) is 4. The fraction of sp³-hybridized carbons (Fsp3) is 0. The molecule has 0 fully saturated rings. The first-order valence-electron chi connectivity index (χ1n) is 22.3. The van der Waals surface area contributed by atoms with Crippen molar-refractivity contribution in [2.45, 2.75) is 0 Å². The second-order valence-electron chi connectivity index (χ2n) is 16.4. The molecule has 0 saturated heterocycles. The second-order valence-corrected chi connectivity index (χ2v) is 58.8. The zero-order valence-corrected chi connectivity index (χ0v) is 46.1. The summed E-state index contributed by atoms with van der Waals surface area (Å²) in [6, 6.07) is 93.6. The molecule has 12 rings (SSSR count). The molecule has 0 N–H and O–H groups in total. The van der Waals surface area contributed by atoms with Gasteiger partial charge in [-0.3, -0.25) is 0 Å². The Hall–Kier alpha value is -5.59. The van der Waals surface area contributed by atoms with Crippen LogP contribution in [0, 0.1) is 9.81 Å². The third-order valence-electron chi connectivity index (χ3n) is 12.1. The molecule has 0 aromatic heterocycles. The molecule has 0 spiro atoms. The van der Waals surface area contributed by atoms with E-state index in [1.54, 1.807) is 38.7 Å². The molecule has 334 valence electrons. The smallest absolute Gasteiger partial charge is 0.0134 e. The summed E-state index contributed by atoms with van der Waals surface area (Å²) in [5.74, 6) is 0. The Labute approximate surface area is 428 Å². The Morgan fingerprint density at radius 2 is 0.406 bits per heavy atom. The number of halogens is 2. The van der Waals surface area contributed by atoms with Crippen LogP contribution >= 0.6 is 54.5 Å². The van der Waals surface area contributed by atoms with E-state index in [1.165, 1.54) is 96.5 Å². The van der Waals surface area contributed by atoms with Gasteiger partial charge in [-0.05, 0) is 149 Å². The van der Waals surface area contributed by atoms with Crippen molar-refractivity contribution in [3.8, 4) is 0 Å². The SMILES string of the molecule is O=[N][W]([I])([I])[N]=O.c1ccc2cc(P(c3ccc4ccccc4c3)c3ccc4ccccc4c3)ccc2c1.c1ccc2cc(P(c3ccc4ccccc4c3)c3ccc4ccccc4c3)ccc2c1. The van der Waals surface area contributed by atoms with Gasteiger partial charge < -0.3 is 0 Å². The summed E-state index contributed by atoms with van der Waals surface area (Å²) in [5, 5.41) is 23.9. The van der Waals surface area contributed by atoms with E-state index in [1.807, 2.05) is 0 Å². The van der Waals surface area contributed by atoms with Gasteiger partial charge in [0.25, 0.3) is 0 Å². The van der Waals surface area contributed by atoms with E-state index in [0.717, 1.165) is 0 Å². The van der Waals surface area contributed by atoms with Gasteiger partial charge in [0, 0.05) is 0 Å². The predicted molar refractivity (Wildman–Crippen MR) is 315 cm³/mol. The van der Waals surface area contributed by atoms with Crippen molar-refractivity contribution in [1.29, 1.82) is 0 Å². The molecule has 0 unspecified atom stereocenters. The molecule has 0 saturated carbocycles. The molecule has 9 heteroatoms. The van der Waals surface area contributed by atoms with Crippen molar-refractivity contribution >= 4 is 151 Å². The van der Waals surface area contributed by atoms with E-state index in [4.69, 9.17) is 0 Å². The topological polar surface area (TPSA) is 58.9 Å². The third kappa shape index (κ3) is 10.9. The Kier molecular flexibility index (Phi) is 14.7. The first-order chi connectivity index (χ1) is 33.8. The summed E-state index contributed by atoms with van der Waals surface area (Å²) in [7, 11) is -4.52. The third-order valence-corrected chi connectivity index (χ3v) is 23.4. The van der Waals surface area contributed by atoms with E-state index in [0.29, 0.717) is 0 Å². The van der Waals surface area contributed by atoms with Crippen molar-refractivity contribution in [2.75, 3.05) is 0 Å². The Bertz CT molecular complexity index is 3210. The number of nitroso groups, excluding NO2 is 2. The van der Waals surface area contributed by atoms with Gasteiger partial charge in [-0.15, -0.1) is 0 Å². The fourth-order valence-corrected chi connectivity index (χ4v) is 13.6. The molecule has 0 atom stereocenters. The predicted octanol–water partition coefficient (Wildman–Crippen LogP) is 16.0. The molecule has 69 heavy (non-hydrogen) atoms. The van der Waals surface area contributed by atoms with Gasteiger partial charge in [-0.1, -0.05) is 218 Å². The molecular formula is C60H42I2N2O2P2W. The van der Waals surface area contributed by atoms with Gasteiger partial charge in [-0.25, -0.2) is 0 Å². The first-order valence-corrected chi connectivity index (χ1v) is 44.2. The van der Waals surface area contributed by atoms with Crippen LogP contribution in [0.25, 0.3) is 64.6 Å². The molecule has 0 bridgehead atoms. The number of rotatable bonds is 8. The molecule has 4 nitrogen and oxygen atoms in total. The maximum atomic E-state index is 9.59. The molecule has 12 aromatic rings. The molecule has 0 aliphatic carbocycles. The van der Waals surface area contributed by atoms with Gasteiger partial charge in [0.05, 0.1) is 0 Å². The Morgan fingerprint density at radius 3 is 0.551 bits per heavy atom. The summed E-state index contributed by atoms with van der Waals surface area (Å²) in [5.41, 5.74) is 0. The van der Waals surface area contributed by atoms with Gasteiger partial charge in [0.1, 0.15) is 0 Å². The molecule has 0 heterocycles. The van der Waals surface area contributed by atoms with Gasteiger partial charge in [0.15, 0.2) is 0 Å². The van der Waals surface area contributed by atoms with E-state index in [-0.39, 0.29) is 0 Å². The van der Waals surface area contributed by atoms with Crippen LogP contribution in [0.5, 0.6) is 0 Å². The number of benzene rings is 12. The summed E-state index contributed by atoms with van der Waals surface area (Å²) in [4.78, 5) is 19.2. The van der Waals surface area contributed by atoms with E-state index >= 15 is 0 Å². The van der Waals surface area contributed by atoms with Crippen LogP contribution in [0.15, 0.2) is 262 Å². The minimum absolute atomic E-state index is 0.666. The Morgan fingerprint density at radius 1 is 0.246 bits per heavy atom. The van der Waals surface area contributed by atoms with Crippen molar-refractivity contribution in [3.63, 3.8) is 0 Å². The minimum atomic E-state index is -3.19. The standard InChI is InChI=1S/2C30H21P.2HI.2NO.W/c2*1-4-10-25-19-28(16-13-22(25)7-1)31(29-17-14-23-8-2-5-11-26(23)20-29)30-18-15-24-9-3-6-12-27(24)21-30;;;2*1-2;/h2*1-21H;2*1H;;;/q;;;;2*-1;+4/p-2. The van der Waals surface area contributed by atoms with E-state index < -0.39 is 25.0 Å². The summed E-state index contributed by atoms with van der Waals surface area (Å²) in [6.07, 6.45) is 0. The monoisotopic (exact) mass is 1320 g/mol. The summed E-state index contributed by atoms with van der Waals surface area (Å²) in [6.45, 7) is 0. The van der Waals surface area contributed by atoms with Crippen LogP contribution in [-0.2, 0) is 9.20 Å². The van der Waals surface area contributed by atoms with Gasteiger partial charge >= 0.3 is 65.2 Å². The average molecular weight is 1320 g/mol. The van der Waals surface area contributed by atoms with Crippen LogP contribution in [0.2, 0.25) is 0 Å². The number of fused-ring (bicyclic) bond motifs is 6. The molecular weight excluding hydrogens is 1280 g/mol. The van der Waals surface area contributed by atoms with Crippen molar-refractivity contribution in [1.82, 2.24) is 0 Å². The van der Waals surface area contributed by atoms with Gasteiger partial charge in [0.2, 0.25) is 0 Å². The summed E-state index contributed by atoms with van der Waals surface area (Å²) >= 11 is 3.48. The molecule has 0 aliphatic rings. The average Bonchev–Trinajstić information content (AvgIpc) is 3.41. The second kappa shape index (κ2) is 21.6. The zero-order valence-electron chi connectivity index (χ0n) is 37.0. The quantitative estimate of drug-likeness (QED) is 0.0865. The van der Waals surface area contributed by atoms with Gasteiger partial charge in [-0.2, -0.15) is 0 Å². The van der Waals surface area contributed by atoms with Crippen LogP contribution in [0.4, 0.5) is 0 Å². The minimum Gasteiger partial charge on any atom is -0.0616 e. The largest absolute Gasteiger partial charge is 0.0616 e.